The van der Waals surface area contributed by atoms with Crippen LogP contribution < -0.4 is 10.1 Å². The van der Waals surface area contributed by atoms with E-state index in [1.807, 2.05) is 13.8 Å². The monoisotopic (exact) mass is 321 g/mol. The zero-order chi connectivity index (χ0) is 17.5. The van der Waals surface area contributed by atoms with E-state index in [1.165, 1.54) is 0 Å². The van der Waals surface area contributed by atoms with Crippen molar-refractivity contribution in [2.45, 2.75) is 47.0 Å². The van der Waals surface area contributed by atoms with Gasteiger partial charge in [0.25, 0.3) is 0 Å². The van der Waals surface area contributed by atoms with E-state index < -0.39 is 11.4 Å². The fourth-order valence-corrected chi connectivity index (χ4v) is 2.46. The Morgan fingerprint density at radius 2 is 1.83 bits per heavy atom. The maximum absolute atomic E-state index is 12.3. The summed E-state index contributed by atoms with van der Waals surface area (Å²) in [7, 11) is 0. The number of nitrogens with one attached hydrogen (secondary N) is 1. The minimum Gasteiger partial charge on any atom is -0.494 e. The van der Waals surface area contributed by atoms with Crippen LogP contribution in [0.25, 0.3) is 0 Å². The minimum absolute atomic E-state index is 0.00123. The first-order valence-electron chi connectivity index (χ1n) is 7.97. The van der Waals surface area contributed by atoms with Crippen molar-refractivity contribution in [3.63, 3.8) is 0 Å². The molecule has 1 rings (SSSR count). The lowest BCUT2D eigenvalue weighted by atomic mass is 9.83. The molecule has 0 atom stereocenters. The summed E-state index contributed by atoms with van der Waals surface area (Å²) in [6.07, 6.45) is 1.39. The van der Waals surface area contributed by atoms with Gasteiger partial charge in [0.05, 0.1) is 6.61 Å². The summed E-state index contributed by atoms with van der Waals surface area (Å²) in [5.41, 5.74) is 0.310. The zero-order valence-corrected chi connectivity index (χ0v) is 14.4. The van der Waals surface area contributed by atoms with Crippen LogP contribution >= 0.6 is 0 Å². The van der Waals surface area contributed by atoms with Gasteiger partial charge in [0.2, 0.25) is 5.91 Å². The van der Waals surface area contributed by atoms with Crippen LogP contribution in [0, 0.1) is 11.3 Å². The molecule has 0 saturated heterocycles. The second kappa shape index (κ2) is 8.56. The van der Waals surface area contributed by atoms with E-state index in [1.54, 1.807) is 24.3 Å². The lowest BCUT2D eigenvalue weighted by Crippen LogP contribution is -2.32. The van der Waals surface area contributed by atoms with Crippen molar-refractivity contribution in [3.8, 4) is 5.75 Å². The summed E-state index contributed by atoms with van der Waals surface area (Å²) >= 11 is 0. The molecule has 5 nitrogen and oxygen atoms in total. The van der Waals surface area contributed by atoms with Crippen LogP contribution in [0.3, 0.4) is 0 Å². The lowest BCUT2D eigenvalue weighted by molar-refractivity contribution is -0.137. The summed E-state index contributed by atoms with van der Waals surface area (Å²) in [5.74, 6) is 0.296. The fraction of sp³-hybridized carbons (Fsp3) is 0.556. The fourth-order valence-electron chi connectivity index (χ4n) is 2.46. The van der Waals surface area contributed by atoms with E-state index in [0.29, 0.717) is 24.7 Å². The van der Waals surface area contributed by atoms with Gasteiger partial charge in [-0.1, -0.05) is 27.7 Å². The molecular weight excluding hydrogens is 294 g/mol. The number of carboxylic acids is 1. The van der Waals surface area contributed by atoms with Gasteiger partial charge in [-0.3, -0.25) is 9.59 Å². The first-order chi connectivity index (χ1) is 10.7. The summed E-state index contributed by atoms with van der Waals surface area (Å²) in [6.45, 7) is 8.46. The molecule has 0 unspecified atom stereocenters. The number of benzene rings is 1. The molecule has 0 aliphatic carbocycles. The van der Waals surface area contributed by atoms with Gasteiger partial charge in [0, 0.05) is 17.5 Å². The van der Waals surface area contributed by atoms with Gasteiger partial charge < -0.3 is 15.2 Å². The Hall–Kier alpha value is -2.04. The van der Waals surface area contributed by atoms with Gasteiger partial charge in [-0.05, 0) is 43.0 Å². The van der Waals surface area contributed by atoms with Crippen molar-refractivity contribution < 1.29 is 19.4 Å². The number of ether oxygens (including phenoxy) is 1. The van der Waals surface area contributed by atoms with Crippen LogP contribution in [0.2, 0.25) is 0 Å². The third kappa shape index (κ3) is 7.17. The highest BCUT2D eigenvalue weighted by molar-refractivity contribution is 5.94. The summed E-state index contributed by atoms with van der Waals surface area (Å²) in [6, 6.07) is 7.11. The number of carbonyl (C=O) groups is 2. The number of rotatable bonds is 9. The minimum atomic E-state index is -0.823. The molecule has 0 aliphatic rings. The average Bonchev–Trinajstić information content (AvgIpc) is 2.43. The zero-order valence-electron chi connectivity index (χ0n) is 14.4. The second-order valence-electron chi connectivity index (χ2n) is 6.81. The molecule has 1 aromatic rings. The Kier molecular flexibility index (Phi) is 7.07. The highest BCUT2D eigenvalue weighted by Gasteiger charge is 2.28. The SMILES string of the molecule is CC(C)CC(C)(C)C(=O)Nc1ccc(OCCCC(=O)O)cc1. The van der Waals surface area contributed by atoms with E-state index in [0.717, 1.165) is 12.1 Å². The molecule has 5 heteroatoms. The first kappa shape index (κ1) is 19.0. The topological polar surface area (TPSA) is 75.6 Å². The predicted molar refractivity (Wildman–Crippen MR) is 90.7 cm³/mol. The highest BCUT2D eigenvalue weighted by Crippen LogP contribution is 2.27. The van der Waals surface area contributed by atoms with Crippen LogP contribution in [-0.4, -0.2) is 23.6 Å². The van der Waals surface area contributed by atoms with Crippen LogP contribution in [0.5, 0.6) is 5.75 Å². The molecule has 0 fully saturated rings. The van der Waals surface area contributed by atoms with Crippen LogP contribution in [0.4, 0.5) is 5.69 Å². The van der Waals surface area contributed by atoms with Crippen molar-refractivity contribution in [1.82, 2.24) is 0 Å². The molecule has 128 valence electrons. The second-order valence-corrected chi connectivity index (χ2v) is 6.81. The standard InChI is InChI=1S/C18H27NO4/c1-13(2)12-18(3,4)17(22)19-14-7-9-15(10-8-14)23-11-5-6-16(20)21/h7-10,13H,5-6,11-12H2,1-4H3,(H,19,22)(H,20,21). The highest BCUT2D eigenvalue weighted by atomic mass is 16.5. The predicted octanol–water partition coefficient (Wildman–Crippen LogP) is 3.94. The molecule has 0 saturated carbocycles. The quantitative estimate of drug-likeness (QED) is 0.675. The Morgan fingerprint density at radius 1 is 1.22 bits per heavy atom. The Bertz CT molecular complexity index is 520. The van der Waals surface area contributed by atoms with Crippen molar-refractivity contribution in [2.75, 3.05) is 11.9 Å². The average molecular weight is 321 g/mol. The van der Waals surface area contributed by atoms with E-state index in [9.17, 15) is 9.59 Å². The molecule has 0 aliphatic heterocycles. The molecule has 0 heterocycles. The van der Waals surface area contributed by atoms with E-state index in [-0.39, 0.29) is 12.3 Å². The molecule has 0 aromatic heterocycles. The molecule has 2 N–H and O–H groups in total. The van der Waals surface area contributed by atoms with Crippen molar-refractivity contribution in [2.24, 2.45) is 11.3 Å². The third-order valence-corrected chi connectivity index (χ3v) is 3.45. The van der Waals surface area contributed by atoms with Gasteiger partial charge in [-0.15, -0.1) is 0 Å². The number of hydrogen-bond donors (Lipinski definition) is 2. The summed E-state index contributed by atoms with van der Waals surface area (Å²) in [4.78, 5) is 22.7. The number of hydrogen-bond acceptors (Lipinski definition) is 3. The normalized spacial score (nSPS) is 11.3. The van der Waals surface area contributed by atoms with Crippen molar-refractivity contribution >= 4 is 17.6 Å². The summed E-state index contributed by atoms with van der Waals surface area (Å²) in [5, 5.41) is 11.5. The number of aliphatic carboxylic acids is 1. The number of amides is 1. The maximum atomic E-state index is 12.3. The van der Waals surface area contributed by atoms with Gasteiger partial charge in [0.15, 0.2) is 0 Å². The Labute approximate surface area is 138 Å². The molecule has 23 heavy (non-hydrogen) atoms. The Morgan fingerprint density at radius 3 is 2.35 bits per heavy atom. The van der Waals surface area contributed by atoms with Crippen molar-refractivity contribution in [1.29, 1.82) is 0 Å². The molecule has 0 bridgehead atoms. The smallest absolute Gasteiger partial charge is 0.303 e. The molecule has 0 radical (unpaired) electrons. The van der Waals surface area contributed by atoms with Gasteiger partial charge >= 0.3 is 5.97 Å². The molecule has 1 amide bonds. The molecular formula is C18H27NO4. The molecule has 0 spiro atoms. The van der Waals surface area contributed by atoms with Crippen LogP contribution in [0.15, 0.2) is 24.3 Å². The van der Waals surface area contributed by atoms with E-state index in [4.69, 9.17) is 9.84 Å². The Balaban J connectivity index is 2.50. The van der Waals surface area contributed by atoms with Crippen molar-refractivity contribution in [3.05, 3.63) is 24.3 Å². The van der Waals surface area contributed by atoms with E-state index >= 15 is 0 Å². The lowest BCUT2D eigenvalue weighted by Gasteiger charge is -2.25. The first-order valence-corrected chi connectivity index (χ1v) is 7.97. The molecule has 1 aromatic carbocycles. The maximum Gasteiger partial charge on any atom is 0.303 e. The van der Waals surface area contributed by atoms with Crippen LogP contribution in [-0.2, 0) is 9.59 Å². The van der Waals surface area contributed by atoms with Gasteiger partial charge in [-0.25, -0.2) is 0 Å². The van der Waals surface area contributed by atoms with Gasteiger partial charge in [-0.2, -0.15) is 0 Å². The van der Waals surface area contributed by atoms with E-state index in [2.05, 4.69) is 19.2 Å². The summed E-state index contributed by atoms with van der Waals surface area (Å²) < 4.78 is 5.46. The van der Waals surface area contributed by atoms with Crippen LogP contribution in [0.1, 0.15) is 47.0 Å². The number of anilines is 1. The third-order valence-electron chi connectivity index (χ3n) is 3.45. The largest absolute Gasteiger partial charge is 0.494 e. The number of carbonyl (C=O) groups excluding carboxylic acids is 1. The number of carboxylic acid groups (broad SMARTS) is 1. The van der Waals surface area contributed by atoms with Gasteiger partial charge in [0.1, 0.15) is 5.75 Å².